The Hall–Kier alpha value is -0.640. The summed E-state index contributed by atoms with van der Waals surface area (Å²) in [5, 5.41) is 8.12. The maximum absolute atomic E-state index is 3.61. The van der Waals surface area contributed by atoms with Crippen LogP contribution >= 0.6 is 22.7 Å². The highest BCUT2D eigenvalue weighted by Gasteiger charge is 2.19. The molecule has 1 nitrogen and oxygen atoms in total. The average molecular weight is 265 g/mol. The molecule has 0 saturated heterocycles. The molecule has 0 fully saturated rings. The molecule has 0 saturated carbocycles. The van der Waals surface area contributed by atoms with Gasteiger partial charge in [0.2, 0.25) is 0 Å². The third-order valence-electron chi connectivity index (χ3n) is 2.96. The molecule has 1 atom stereocenters. The zero-order valence-corrected chi connectivity index (χ0v) is 12.5. The van der Waals surface area contributed by atoms with Crippen molar-refractivity contribution >= 4 is 22.7 Å². The first-order valence-electron chi connectivity index (χ1n) is 5.96. The minimum atomic E-state index is 0.366. The first-order valence-corrected chi connectivity index (χ1v) is 7.72. The van der Waals surface area contributed by atoms with Crippen molar-refractivity contribution in [1.29, 1.82) is 0 Å². The molecule has 0 aromatic carbocycles. The lowest BCUT2D eigenvalue weighted by molar-refractivity contribution is 0.636. The van der Waals surface area contributed by atoms with E-state index in [9.17, 15) is 0 Å². The van der Waals surface area contributed by atoms with Gasteiger partial charge in [-0.2, -0.15) is 11.3 Å². The van der Waals surface area contributed by atoms with E-state index in [1.54, 1.807) is 11.3 Å². The molecule has 0 aliphatic rings. The molecule has 1 unspecified atom stereocenters. The minimum absolute atomic E-state index is 0.366. The number of hydrogen-bond donors (Lipinski definition) is 1. The largest absolute Gasteiger partial charge is 0.306 e. The maximum Gasteiger partial charge on any atom is 0.0684 e. The van der Waals surface area contributed by atoms with Crippen LogP contribution < -0.4 is 5.32 Å². The van der Waals surface area contributed by atoms with Gasteiger partial charge in [0.15, 0.2) is 0 Å². The fourth-order valence-corrected chi connectivity index (χ4v) is 4.17. The lowest BCUT2D eigenvalue weighted by Crippen LogP contribution is -2.21. The second kappa shape index (κ2) is 5.34. The van der Waals surface area contributed by atoms with Crippen molar-refractivity contribution in [3.05, 3.63) is 43.3 Å². The molecule has 2 rings (SSSR count). The molecule has 17 heavy (non-hydrogen) atoms. The lowest BCUT2D eigenvalue weighted by atomic mass is 10.0. The van der Waals surface area contributed by atoms with E-state index in [4.69, 9.17) is 0 Å². The second-order valence-electron chi connectivity index (χ2n) is 4.41. The predicted molar refractivity (Wildman–Crippen MR) is 78.4 cm³/mol. The van der Waals surface area contributed by atoms with E-state index in [0.29, 0.717) is 6.04 Å². The third kappa shape index (κ3) is 2.62. The minimum Gasteiger partial charge on any atom is -0.306 e. The normalized spacial score (nSPS) is 12.9. The van der Waals surface area contributed by atoms with Crippen molar-refractivity contribution in [2.75, 3.05) is 6.54 Å². The predicted octanol–water partition coefficient (Wildman–Crippen LogP) is 4.43. The van der Waals surface area contributed by atoms with Gasteiger partial charge in [0.25, 0.3) is 0 Å². The Kier molecular flexibility index (Phi) is 4.02. The van der Waals surface area contributed by atoms with Gasteiger partial charge >= 0.3 is 0 Å². The smallest absolute Gasteiger partial charge is 0.0684 e. The van der Waals surface area contributed by atoms with E-state index < -0.39 is 0 Å². The number of rotatable bonds is 4. The average Bonchev–Trinajstić information content (AvgIpc) is 2.82. The molecule has 0 amide bonds. The van der Waals surface area contributed by atoms with Gasteiger partial charge in [-0.1, -0.05) is 6.92 Å². The van der Waals surface area contributed by atoms with Crippen molar-refractivity contribution < 1.29 is 0 Å². The molecule has 92 valence electrons. The Balaban J connectivity index is 2.42. The molecule has 0 aliphatic heterocycles. The molecule has 2 aromatic rings. The number of aryl methyl sites for hydroxylation is 3. The molecule has 1 N–H and O–H groups in total. The van der Waals surface area contributed by atoms with Gasteiger partial charge in [0.05, 0.1) is 6.04 Å². The van der Waals surface area contributed by atoms with Gasteiger partial charge in [0.1, 0.15) is 0 Å². The van der Waals surface area contributed by atoms with E-state index in [2.05, 4.69) is 49.8 Å². The van der Waals surface area contributed by atoms with Crippen LogP contribution in [0.5, 0.6) is 0 Å². The topological polar surface area (TPSA) is 12.0 Å². The molecule has 0 bridgehead atoms. The zero-order chi connectivity index (χ0) is 12.4. The Morgan fingerprint density at radius 3 is 2.41 bits per heavy atom. The number of thiophene rings is 2. The summed E-state index contributed by atoms with van der Waals surface area (Å²) in [6.45, 7) is 9.77. The van der Waals surface area contributed by atoms with Crippen molar-refractivity contribution in [2.24, 2.45) is 0 Å². The Bertz CT molecular complexity index is 496. The van der Waals surface area contributed by atoms with Crippen LogP contribution in [0.4, 0.5) is 0 Å². The summed E-state index contributed by atoms with van der Waals surface area (Å²) in [7, 11) is 0. The SMILES string of the molecule is CCNC(c1cscc1C)c1sc(C)cc1C. The van der Waals surface area contributed by atoms with Crippen LogP contribution in [-0.2, 0) is 0 Å². The van der Waals surface area contributed by atoms with E-state index in [-0.39, 0.29) is 0 Å². The standard InChI is InChI=1S/C14H19NS2/c1-5-15-13(12-8-16-7-10(12)3)14-9(2)6-11(4)17-14/h6-8,13,15H,5H2,1-4H3. The summed E-state index contributed by atoms with van der Waals surface area (Å²) < 4.78 is 0. The summed E-state index contributed by atoms with van der Waals surface area (Å²) in [6, 6.07) is 2.65. The van der Waals surface area contributed by atoms with Crippen LogP contribution in [0.15, 0.2) is 16.8 Å². The Morgan fingerprint density at radius 1 is 1.18 bits per heavy atom. The second-order valence-corrected chi connectivity index (χ2v) is 6.44. The molecule has 3 heteroatoms. The van der Waals surface area contributed by atoms with Gasteiger partial charge < -0.3 is 5.32 Å². The summed E-state index contributed by atoms with van der Waals surface area (Å²) >= 11 is 3.70. The van der Waals surface area contributed by atoms with Crippen LogP contribution in [0.3, 0.4) is 0 Å². The number of hydrogen-bond acceptors (Lipinski definition) is 3. The monoisotopic (exact) mass is 265 g/mol. The maximum atomic E-state index is 3.61. The highest BCUT2D eigenvalue weighted by atomic mass is 32.1. The number of nitrogens with one attached hydrogen (secondary N) is 1. The summed E-state index contributed by atoms with van der Waals surface area (Å²) in [6.07, 6.45) is 0. The molecule has 2 heterocycles. The van der Waals surface area contributed by atoms with Crippen LogP contribution in [0.25, 0.3) is 0 Å². The molecule has 0 radical (unpaired) electrons. The van der Waals surface area contributed by atoms with Gasteiger partial charge in [-0.25, -0.2) is 0 Å². The van der Waals surface area contributed by atoms with Crippen LogP contribution in [0, 0.1) is 20.8 Å². The molecular formula is C14H19NS2. The summed E-state index contributed by atoms with van der Waals surface area (Å²) in [5.74, 6) is 0. The van der Waals surface area contributed by atoms with E-state index in [1.165, 1.54) is 26.4 Å². The lowest BCUT2D eigenvalue weighted by Gasteiger charge is -2.18. The van der Waals surface area contributed by atoms with E-state index in [1.807, 2.05) is 11.3 Å². The summed E-state index contributed by atoms with van der Waals surface area (Å²) in [4.78, 5) is 2.86. The van der Waals surface area contributed by atoms with Crippen molar-refractivity contribution in [1.82, 2.24) is 5.32 Å². The van der Waals surface area contributed by atoms with Crippen molar-refractivity contribution in [2.45, 2.75) is 33.7 Å². The van der Waals surface area contributed by atoms with Crippen LogP contribution in [0.2, 0.25) is 0 Å². The first-order chi connectivity index (χ1) is 8.13. The summed E-state index contributed by atoms with van der Waals surface area (Å²) in [5.41, 5.74) is 4.23. The van der Waals surface area contributed by atoms with Gasteiger partial charge in [-0.15, -0.1) is 11.3 Å². The van der Waals surface area contributed by atoms with E-state index >= 15 is 0 Å². The fraction of sp³-hybridized carbons (Fsp3) is 0.429. The van der Waals surface area contributed by atoms with E-state index in [0.717, 1.165) is 6.54 Å². The van der Waals surface area contributed by atoms with Crippen LogP contribution in [-0.4, -0.2) is 6.54 Å². The first kappa shape index (κ1) is 12.8. The molecule has 0 spiro atoms. The van der Waals surface area contributed by atoms with Crippen molar-refractivity contribution in [3.8, 4) is 0 Å². The van der Waals surface area contributed by atoms with Gasteiger partial charge in [-0.3, -0.25) is 0 Å². The highest BCUT2D eigenvalue weighted by molar-refractivity contribution is 7.12. The highest BCUT2D eigenvalue weighted by Crippen LogP contribution is 2.34. The molecule has 2 aromatic heterocycles. The Morgan fingerprint density at radius 2 is 1.94 bits per heavy atom. The quantitative estimate of drug-likeness (QED) is 0.862. The zero-order valence-electron chi connectivity index (χ0n) is 10.8. The third-order valence-corrected chi connectivity index (χ3v) is 5.05. The molecule has 0 aliphatic carbocycles. The molecular weight excluding hydrogens is 246 g/mol. The Labute approximate surface area is 112 Å². The van der Waals surface area contributed by atoms with Crippen molar-refractivity contribution in [3.63, 3.8) is 0 Å². The fourth-order valence-electron chi connectivity index (χ4n) is 2.16. The van der Waals surface area contributed by atoms with Gasteiger partial charge in [-0.05, 0) is 60.8 Å². The van der Waals surface area contributed by atoms with Gasteiger partial charge in [0, 0.05) is 9.75 Å². The van der Waals surface area contributed by atoms with Crippen LogP contribution in [0.1, 0.15) is 39.4 Å².